The molecule has 0 aliphatic heterocycles. The van der Waals surface area contributed by atoms with Crippen LogP contribution in [0.2, 0.25) is 0 Å². The number of methoxy groups -OCH3 is 1. The van der Waals surface area contributed by atoms with Gasteiger partial charge in [0, 0.05) is 11.1 Å². The smallest absolute Gasteiger partial charge is 0.137 e. The standard InChI is InChI=1S/C11H10FNOS/c1-7-6-15-11(13-7)10-8(12)4-3-5-9(10)14-2/h3-6H,1-2H3. The average Bonchev–Trinajstić information content (AvgIpc) is 2.64. The van der Waals surface area contributed by atoms with E-state index in [1.54, 1.807) is 12.1 Å². The predicted molar refractivity (Wildman–Crippen MR) is 58.8 cm³/mol. The van der Waals surface area contributed by atoms with Crippen molar-refractivity contribution < 1.29 is 9.13 Å². The van der Waals surface area contributed by atoms with E-state index in [2.05, 4.69) is 4.98 Å². The first-order valence-corrected chi connectivity index (χ1v) is 5.35. The highest BCUT2D eigenvalue weighted by molar-refractivity contribution is 7.13. The van der Waals surface area contributed by atoms with Gasteiger partial charge in [-0.15, -0.1) is 11.3 Å². The molecule has 0 unspecified atom stereocenters. The zero-order valence-corrected chi connectivity index (χ0v) is 9.27. The summed E-state index contributed by atoms with van der Waals surface area (Å²) in [7, 11) is 1.53. The van der Waals surface area contributed by atoms with Gasteiger partial charge in [-0.2, -0.15) is 0 Å². The number of hydrogen-bond acceptors (Lipinski definition) is 3. The molecule has 0 saturated carbocycles. The van der Waals surface area contributed by atoms with E-state index in [4.69, 9.17) is 4.74 Å². The van der Waals surface area contributed by atoms with Gasteiger partial charge in [0.1, 0.15) is 16.6 Å². The lowest BCUT2D eigenvalue weighted by atomic mass is 10.2. The molecule has 2 nitrogen and oxygen atoms in total. The Bertz CT molecular complexity index is 481. The van der Waals surface area contributed by atoms with Crippen LogP contribution in [0, 0.1) is 12.7 Å². The Morgan fingerprint density at radius 1 is 1.40 bits per heavy atom. The Morgan fingerprint density at radius 2 is 2.20 bits per heavy atom. The zero-order valence-electron chi connectivity index (χ0n) is 8.45. The summed E-state index contributed by atoms with van der Waals surface area (Å²) in [6, 6.07) is 4.77. The van der Waals surface area contributed by atoms with Gasteiger partial charge in [0.05, 0.1) is 12.7 Å². The number of hydrogen-bond donors (Lipinski definition) is 0. The highest BCUT2D eigenvalue weighted by Crippen LogP contribution is 2.34. The van der Waals surface area contributed by atoms with Crippen molar-refractivity contribution in [2.45, 2.75) is 6.92 Å². The first kappa shape index (κ1) is 10.1. The van der Waals surface area contributed by atoms with E-state index in [9.17, 15) is 4.39 Å². The minimum atomic E-state index is -0.302. The van der Waals surface area contributed by atoms with Gasteiger partial charge in [0.25, 0.3) is 0 Å². The third-order valence-corrected chi connectivity index (χ3v) is 3.01. The molecular formula is C11H10FNOS. The number of nitrogens with zero attached hydrogens (tertiary/aromatic N) is 1. The summed E-state index contributed by atoms with van der Waals surface area (Å²) in [5, 5.41) is 2.55. The first-order valence-electron chi connectivity index (χ1n) is 4.47. The molecule has 0 aliphatic carbocycles. The molecule has 0 N–H and O–H groups in total. The monoisotopic (exact) mass is 223 g/mol. The highest BCUT2D eigenvalue weighted by atomic mass is 32.1. The molecule has 78 valence electrons. The SMILES string of the molecule is COc1cccc(F)c1-c1nc(C)cs1. The van der Waals surface area contributed by atoms with Crippen molar-refractivity contribution in [2.75, 3.05) is 7.11 Å². The molecule has 1 aromatic heterocycles. The number of aryl methyl sites for hydroxylation is 1. The molecule has 0 aliphatic rings. The zero-order chi connectivity index (χ0) is 10.8. The molecule has 0 atom stereocenters. The molecule has 0 fully saturated rings. The van der Waals surface area contributed by atoms with Crippen LogP contribution in [-0.2, 0) is 0 Å². The summed E-state index contributed by atoms with van der Waals surface area (Å²) in [5.74, 6) is 0.216. The maximum absolute atomic E-state index is 13.6. The first-order chi connectivity index (χ1) is 7.22. The lowest BCUT2D eigenvalue weighted by Crippen LogP contribution is -1.91. The molecule has 0 spiro atoms. The second-order valence-corrected chi connectivity index (χ2v) is 3.97. The van der Waals surface area contributed by atoms with Crippen molar-refractivity contribution >= 4 is 11.3 Å². The van der Waals surface area contributed by atoms with E-state index < -0.39 is 0 Å². The normalized spacial score (nSPS) is 10.3. The molecule has 1 aromatic carbocycles. The number of benzene rings is 1. The number of rotatable bonds is 2. The van der Waals surface area contributed by atoms with Crippen molar-refractivity contribution in [1.29, 1.82) is 0 Å². The summed E-state index contributed by atoms with van der Waals surface area (Å²) < 4.78 is 18.7. The Kier molecular flexibility index (Phi) is 2.68. The van der Waals surface area contributed by atoms with Gasteiger partial charge >= 0.3 is 0 Å². The third kappa shape index (κ3) is 1.85. The molecule has 0 amide bonds. The van der Waals surface area contributed by atoms with Crippen LogP contribution in [-0.4, -0.2) is 12.1 Å². The van der Waals surface area contributed by atoms with Gasteiger partial charge in [0.15, 0.2) is 0 Å². The van der Waals surface area contributed by atoms with E-state index in [-0.39, 0.29) is 5.82 Å². The average molecular weight is 223 g/mol. The van der Waals surface area contributed by atoms with Gasteiger partial charge in [-0.05, 0) is 19.1 Å². The fourth-order valence-corrected chi connectivity index (χ4v) is 2.20. The number of thiazole rings is 1. The topological polar surface area (TPSA) is 22.1 Å². The summed E-state index contributed by atoms with van der Waals surface area (Å²) in [6.45, 7) is 1.88. The summed E-state index contributed by atoms with van der Waals surface area (Å²) in [4.78, 5) is 4.25. The molecular weight excluding hydrogens is 213 g/mol. The fraction of sp³-hybridized carbons (Fsp3) is 0.182. The maximum Gasteiger partial charge on any atom is 0.137 e. The molecule has 0 radical (unpaired) electrons. The highest BCUT2D eigenvalue weighted by Gasteiger charge is 2.14. The summed E-state index contributed by atoms with van der Waals surface area (Å²) in [6.07, 6.45) is 0. The van der Waals surface area contributed by atoms with E-state index >= 15 is 0 Å². The number of aromatic nitrogens is 1. The Balaban J connectivity index is 2.60. The van der Waals surface area contributed by atoms with Gasteiger partial charge < -0.3 is 4.74 Å². The Hall–Kier alpha value is -1.42. The van der Waals surface area contributed by atoms with Crippen LogP contribution in [0.4, 0.5) is 4.39 Å². The van der Waals surface area contributed by atoms with Gasteiger partial charge in [-0.1, -0.05) is 6.07 Å². The third-order valence-electron chi connectivity index (χ3n) is 2.03. The van der Waals surface area contributed by atoms with Gasteiger partial charge in [0.2, 0.25) is 0 Å². The number of ether oxygens (including phenoxy) is 1. The van der Waals surface area contributed by atoms with Gasteiger partial charge in [-0.25, -0.2) is 9.37 Å². The molecule has 1 heterocycles. The van der Waals surface area contributed by atoms with Crippen molar-refractivity contribution in [3.63, 3.8) is 0 Å². The van der Waals surface area contributed by atoms with E-state index in [1.807, 2.05) is 12.3 Å². The second kappa shape index (κ2) is 3.98. The van der Waals surface area contributed by atoms with E-state index in [0.29, 0.717) is 16.3 Å². The van der Waals surface area contributed by atoms with Gasteiger partial charge in [-0.3, -0.25) is 0 Å². The second-order valence-electron chi connectivity index (χ2n) is 3.11. The van der Waals surface area contributed by atoms with Crippen molar-refractivity contribution in [1.82, 2.24) is 4.98 Å². The maximum atomic E-state index is 13.6. The van der Waals surface area contributed by atoms with Crippen LogP contribution >= 0.6 is 11.3 Å². The quantitative estimate of drug-likeness (QED) is 0.779. The molecule has 15 heavy (non-hydrogen) atoms. The number of halogens is 1. The van der Waals surface area contributed by atoms with E-state index in [1.165, 1.54) is 24.5 Å². The van der Waals surface area contributed by atoms with Crippen molar-refractivity contribution in [2.24, 2.45) is 0 Å². The summed E-state index contributed by atoms with van der Waals surface area (Å²) in [5.41, 5.74) is 1.33. The van der Waals surface area contributed by atoms with Crippen molar-refractivity contribution in [3.05, 3.63) is 35.1 Å². The summed E-state index contributed by atoms with van der Waals surface area (Å²) >= 11 is 1.42. The molecule has 0 saturated heterocycles. The van der Waals surface area contributed by atoms with Crippen LogP contribution in [0.25, 0.3) is 10.6 Å². The largest absolute Gasteiger partial charge is 0.496 e. The lowest BCUT2D eigenvalue weighted by Gasteiger charge is -2.06. The minimum Gasteiger partial charge on any atom is -0.496 e. The van der Waals surface area contributed by atoms with Crippen LogP contribution < -0.4 is 4.74 Å². The molecule has 2 rings (SSSR count). The molecule has 2 aromatic rings. The predicted octanol–water partition coefficient (Wildman–Crippen LogP) is 3.27. The molecule has 4 heteroatoms. The van der Waals surface area contributed by atoms with Crippen molar-refractivity contribution in [3.8, 4) is 16.3 Å². The van der Waals surface area contributed by atoms with Crippen LogP contribution in [0.3, 0.4) is 0 Å². The minimum absolute atomic E-state index is 0.302. The Labute approximate surface area is 91.4 Å². The fourth-order valence-electron chi connectivity index (χ4n) is 1.35. The van der Waals surface area contributed by atoms with Crippen LogP contribution in [0.1, 0.15) is 5.69 Å². The lowest BCUT2D eigenvalue weighted by molar-refractivity contribution is 0.413. The van der Waals surface area contributed by atoms with E-state index in [0.717, 1.165) is 5.69 Å². The van der Waals surface area contributed by atoms with Crippen LogP contribution in [0.5, 0.6) is 5.75 Å². The Morgan fingerprint density at radius 3 is 2.80 bits per heavy atom. The van der Waals surface area contributed by atoms with Crippen LogP contribution in [0.15, 0.2) is 23.6 Å². The molecule has 0 bridgehead atoms.